The highest BCUT2D eigenvalue weighted by Gasteiger charge is 2.20. The molecule has 0 aliphatic rings. The van der Waals surface area contributed by atoms with Gasteiger partial charge in [0, 0.05) is 26.1 Å². The lowest BCUT2D eigenvalue weighted by Gasteiger charge is -2.16. The van der Waals surface area contributed by atoms with Gasteiger partial charge in [-0.2, -0.15) is 0 Å². The van der Waals surface area contributed by atoms with E-state index in [4.69, 9.17) is 16.7 Å². The fourth-order valence-electron chi connectivity index (χ4n) is 1.46. The Hall–Kier alpha value is -2.22. The van der Waals surface area contributed by atoms with Crippen LogP contribution in [-0.4, -0.2) is 45.4 Å². The van der Waals surface area contributed by atoms with Crippen molar-refractivity contribution in [2.75, 3.05) is 13.6 Å². The molecule has 0 radical (unpaired) electrons. The number of nitrogens with zero attached hydrogens (tertiary/aromatic N) is 3. The lowest BCUT2D eigenvalue weighted by atomic mass is 10.2. The van der Waals surface area contributed by atoms with Crippen LogP contribution in [0.2, 0.25) is 5.15 Å². The predicted octanol–water partition coefficient (Wildman–Crippen LogP) is 1.58. The summed E-state index contributed by atoms with van der Waals surface area (Å²) in [5, 5.41) is 19.0. The van der Waals surface area contributed by atoms with Crippen LogP contribution in [0.15, 0.2) is 12.3 Å². The number of carboxylic acid groups (broad SMARTS) is 1. The van der Waals surface area contributed by atoms with E-state index in [1.807, 2.05) is 0 Å². The van der Waals surface area contributed by atoms with Gasteiger partial charge in [0.2, 0.25) is 0 Å². The SMILES string of the molecule is CN(CCCC(=O)O)C(=O)c1cc([N+](=O)[O-])cnc1Cl. The highest BCUT2D eigenvalue weighted by atomic mass is 35.5. The monoisotopic (exact) mass is 301 g/mol. The van der Waals surface area contributed by atoms with E-state index in [9.17, 15) is 19.7 Å². The third-order valence-electron chi connectivity index (χ3n) is 2.50. The Morgan fingerprint density at radius 2 is 2.20 bits per heavy atom. The number of nitro groups is 1. The Kier molecular flexibility index (Phi) is 5.39. The molecule has 0 aliphatic heterocycles. The molecule has 0 aromatic carbocycles. The van der Waals surface area contributed by atoms with Gasteiger partial charge in [0.1, 0.15) is 11.3 Å². The van der Waals surface area contributed by atoms with Gasteiger partial charge in [-0.05, 0) is 6.42 Å². The van der Waals surface area contributed by atoms with E-state index in [0.717, 1.165) is 12.3 Å². The van der Waals surface area contributed by atoms with E-state index in [2.05, 4.69) is 4.98 Å². The number of hydrogen-bond acceptors (Lipinski definition) is 5. The van der Waals surface area contributed by atoms with Crippen LogP contribution in [0.5, 0.6) is 0 Å². The number of pyridine rings is 1. The Labute approximate surface area is 119 Å². The van der Waals surface area contributed by atoms with E-state index in [-0.39, 0.29) is 35.8 Å². The molecule has 0 spiro atoms. The van der Waals surface area contributed by atoms with E-state index >= 15 is 0 Å². The summed E-state index contributed by atoms with van der Waals surface area (Å²) >= 11 is 5.75. The highest BCUT2D eigenvalue weighted by molar-refractivity contribution is 6.32. The first-order chi connectivity index (χ1) is 9.32. The van der Waals surface area contributed by atoms with Crippen molar-refractivity contribution in [2.24, 2.45) is 0 Å². The molecule has 20 heavy (non-hydrogen) atoms. The normalized spacial score (nSPS) is 10.1. The van der Waals surface area contributed by atoms with Gasteiger partial charge in [0.25, 0.3) is 11.6 Å². The van der Waals surface area contributed by atoms with Crippen molar-refractivity contribution >= 4 is 29.2 Å². The number of carbonyl (C=O) groups is 2. The van der Waals surface area contributed by atoms with Crippen molar-refractivity contribution < 1.29 is 19.6 Å². The van der Waals surface area contributed by atoms with Gasteiger partial charge in [-0.1, -0.05) is 11.6 Å². The fraction of sp³-hybridized carbons (Fsp3) is 0.364. The smallest absolute Gasteiger partial charge is 0.303 e. The second kappa shape index (κ2) is 6.80. The number of carboxylic acids is 1. The third-order valence-corrected chi connectivity index (χ3v) is 2.80. The number of aliphatic carboxylic acids is 1. The molecule has 0 unspecified atom stereocenters. The van der Waals surface area contributed by atoms with Gasteiger partial charge >= 0.3 is 5.97 Å². The van der Waals surface area contributed by atoms with Crippen molar-refractivity contribution in [2.45, 2.75) is 12.8 Å². The van der Waals surface area contributed by atoms with Crippen molar-refractivity contribution in [1.29, 1.82) is 0 Å². The Morgan fingerprint density at radius 3 is 2.75 bits per heavy atom. The van der Waals surface area contributed by atoms with E-state index < -0.39 is 16.8 Å². The van der Waals surface area contributed by atoms with Gasteiger partial charge in [0.05, 0.1) is 10.5 Å². The number of hydrogen-bond donors (Lipinski definition) is 1. The van der Waals surface area contributed by atoms with E-state index in [0.29, 0.717) is 0 Å². The number of halogens is 1. The van der Waals surface area contributed by atoms with Crippen LogP contribution in [0.4, 0.5) is 5.69 Å². The molecule has 1 aromatic heterocycles. The summed E-state index contributed by atoms with van der Waals surface area (Å²) in [6, 6.07) is 1.05. The molecule has 0 bridgehead atoms. The van der Waals surface area contributed by atoms with Gasteiger partial charge in [0.15, 0.2) is 0 Å². The maximum absolute atomic E-state index is 12.0. The molecule has 0 saturated heterocycles. The van der Waals surface area contributed by atoms with Gasteiger partial charge in [-0.3, -0.25) is 19.7 Å². The summed E-state index contributed by atoms with van der Waals surface area (Å²) in [6.07, 6.45) is 1.17. The molecule has 0 atom stereocenters. The van der Waals surface area contributed by atoms with Crippen LogP contribution in [0.25, 0.3) is 0 Å². The predicted molar refractivity (Wildman–Crippen MR) is 69.7 cm³/mol. The second-order valence-corrected chi connectivity index (χ2v) is 4.37. The Balaban J connectivity index is 2.82. The highest BCUT2D eigenvalue weighted by Crippen LogP contribution is 2.20. The van der Waals surface area contributed by atoms with Crippen LogP contribution in [-0.2, 0) is 4.79 Å². The van der Waals surface area contributed by atoms with Crippen molar-refractivity contribution in [3.8, 4) is 0 Å². The van der Waals surface area contributed by atoms with Gasteiger partial charge in [-0.25, -0.2) is 4.98 Å². The number of amides is 1. The Morgan fingerprint density at radius 1 is 1.55 bits per heavy atom. The zero-order valence-corrected chi connectivity index (χ0v) is 11.3. The first-order valence-corrected chi connectivity index (χ1v) is 5.98. The zero-order valence-electron chi connectivity index (χ0n) is 10.6. The largest absolute Gasteiger partial charge is 0.481 e. The molecule has 108 valence electrons. The molecule has 0 saturated carbocycles. The lowest BCUT2D eigenvalue weighted by molar-refractivity contribution is -0.385. The summed E-state index contributed by atoms with van der Waals surface area (Å²) < 4.78 is 0. The minimum absolute atomic E-state index is 0.0709. The van der Waals surface area contributed by atoms with Crippen molar-refractivity contribution in [3.63, 3.8) is 0 Å². The first kappa shape index (κ1) is 15.8. The molecule has 1 aromatic rings. The fourth-order valence-corrected chi connectivity index (χ4v) is 1.65. The molecule has 1 heterocycles. The van der Waals surface area contributed by atoms with Crippen LogP contribution >= 0.6 is 11.6 Å². The summed E-state index contributed by atoms with van der Waals surface area (Å²) in [6.45, 7) is 0.199. The standard InChI is InChI=1S/C11H12ClN3O5/c1-14(4-2-3-9(16)17)11(18)8-5-7(15(19)20)6-13-10(8)12/h5-6H,2-4H2,1H3,(H,16,17). The maximum Gasteiger partial charge on any atom is 0.303 e. The maximum atomic E-state index is 12.0. The zero-order chi connectivity index (χ0) is 15.3. The number of rotatable bonds is 6. The average molecular weight is 302 g/mol. The van der Waals surface area contributed by atoms with E-state index in [1.165, 1.54) is 11.9 Å². The summed E-state index contributed by atoms with van der Waals surface area (Å²) in [5.41, 5.74) is -0.421. The first-order valence-electron chi connectivity index (χ1n) is 5.60. The van der Waals surface area contributed by atoms with Crippen LogP contribution < -0.4 is 0 Å². The molecular weight excluding hydrogens is 290 g/mol. The number of carbonyl (C=O) groups excluding carboxylic acids is 1. The number of aromatic nitrogens is 1. The average Bonchev–Trinajstić information content (AvgIpc) is 2.37. The van der Waals surface area contributed by atoms with Crippen molar-refractivity contribution in [1.82, 2.24) is 9.88 Å². The lowest BCUT2D eigenvalue weighted by Crippen LogP contribution is -2.28. The summed E-state index contributed by atoms with van der Waals surface area (Å²) in [7, 11) is 1.46. The molecule has 8 nitrogen and oxygen atoms in total. The van der Waals surface area contributed by atoms with Gasteiger partial charge < -0.3 is 10.0 Å². The molecular formula is C11H12ClN3O5. The van der Waals surface area contributed by atoms with Gasteiger partial charge in [-0.15, -0.1) is 0 Å². The van der Waals surface area contributed by atoms with Crippen LogP contribution in [0.1, 0.15) is 23.2 Å². The second-order valence-electron chi connectivity index (χ2n) is 4.01. The minimum Gasteiger partial charge on any atom is -0.481 e. The molecule has 0 aliphatic carbocycles. The van der Waals surface area contributed by atoms with E-state index in [1.54, 1.807) is 0 Å². The minimum atomic E-state index is -0.958. The quantitative estimate of drug-likeness (QED) is 0.485. The Bertz CT molecular complexity index is 549. The van der Waals surface area contributed by atoms with Crippen LogP contribution in [0.3, 0.4) is 0 Å². The van der Waals surface area contributed by atoms with Crippen molar-refractivity contribution in [3.05, 3.63) is 33.1 Å². The molecule has 1 amide bonds. The molecule has 1 N–H and O–H groups in total. The molecule has 9 heteroatoms. The third kappa shape index (κ3) is 4.16. The summed E-state index contributed by atoms with van der Waals surface area (Å²) in [5.74, 6) is -1.50. The molecule has 1 rings (SSSR count). The topological polar surface area (TPSA) is 114 Å². The summed E-state index contributed by atoms with van der Waals surface area (Å²) in [4.78, 5) is 37.2. The molecule has 0 fully saturated rings. The van der Waals surface area contributed by atoms with Crippen LogP contribution in [0, 0.1) is 10.1 Å².